The second-order valence-corrected chi connectivity index (χ2v) is 5.07. The molecule has 0 spiro atoms. The van der Waals surface area contributed by atoms with Gasteiger partial charge in [0.15, 0.2) is 11.5 Å². The van der Waals surface area contributed by atoms with E-state index in [0.29, 0.717) is 23.2 Å². The minimum Gasteiger partial charge on any atom is -0.383 e. The Balaban J connectivity index is 2.44. The van der Waals surface area contributed by atoms with Crippen LogP contribution in [-0.4, -0.2) is 44.7 Å². The zero-order valence-corrected chi connectivity index (χ0v) is 12.8. The number of aryl methyl sites for hydroxylation is 1. The molecule has 0 saturated carbocycles. The predicted octanol–water partition coefficient (Wildman–Crippen LogP) is 1.21. The van der Waals surface area contributed by atoms with Gasteiger partial charge in [0, 0.05) is 32.3 Å². The van der Waals surface area contributed by atoms with Crippen molar-refractivity contribution in [3.63, 3.8) is 0 Å². The van der Waals surface area contributed by atoms with Crippen molar-refractivity contribution in [1.82, 2.24) is 24.6 Å². The first-order valence-corrected chi connectivity index (χ1v) is 6.84. The average molecular weight is 288 g/mol. The Labute approximate surface area is 123 Å². The van der Waals surface area contributed by atoms with Gasteiger partial charge < -0.3 is 10.6 Å². The Bertz CT molecular complexity index is 661. The zero-order valence-electron chi connectivity index (χ0n) is 12.8. The minimum atomic E-state index is -0.151. The fourth-order valence-corrected chi connectivity index (χ4v) is 1.91. The van der Waals surface area contributed by atoms with Gasteiger partial charge in [0.2, 0.25) is 0 Å². The van der Waals surface area contributed by atoms with Gasteiger partial charge >= 0.3 is 0 Å². The van der Waals surface area contributed by atoms with Gasteiger partial charge in [0.1, 0.15) is 11.6 Å². The van der Waals surface area contributed by atoms with Crippen LogP contribution in [0.5, 0.6) is 0 Å². The second kappa shape index (κ2) is 5.90. The lowest BCUT2D eigenvalue weighted by molar-refractivity contribution is 0.0821. The summed E-state index contributed by atoms with van der Waals surface area (Å²) in [5.74, 6) is 1.59. The van der Waals surface area contributed by atoms with Gasteiger partial charge in [-0.2, -0.15) is 5.10 Å². The molecule has 2 heterocycles. The van der Waals surface area contributed by atoms with E-state index >= 15 is 0 Å². The van der Waals surface area contributed by atoms with E-state index in [1.54, 1.807) is 31.0 Å². The van der Waals surface area contributed by atoms with Crippen molar-refractivity contribution in [1.29, 1.82) is 0 Å². The van der Waals surface area contributed by atoms with Gasteiger partial charge in [-0.05, 0) is 19.4 Å². The lowest BCUT2D eigenvalue weighted by Crippen LogP contribution is -2.22. The molecule has 2 aromatic rings. The van der Waals surface area contributed by atoms with E-state index in [9.17, 15) is 4.79 Å². The lowest BCUT2D eigenvalue weighted by atomic mass is 10.2. The largest absolute Gasteiger partial charge is 0.383 e. The quantitative estimate of drug-likeness (QED) is 0.913. The third-order valence-corrected chi connectivity index (χ3v) is 3.11. The normalized spacial score (nSPS) is 10.7. The highest BCUT2D eigenvalue weighted by molar-refractivity contribution is 5.91. The number of nitrogens with zero attached hydrogens (tertiary/aromatic N) is 5. The Morgan fingerprint density at radius 3 is 2.71 bits per heavy atom. The standard InChI is InChI=1S/C14H20N6O/c1-5-6-11-16-12(15)9(2)13(17-11)20-8-7-10(18-20)14(21)19(3)4/h7-8H,5-6H2,1-4H3,(H2,15,16,17). The van der Waals surface area contributed by atoms with E-state index < -0.39 is 0 Å². The molecule has 21 heavy (non-hydrogen) atoms. The topological polar surface area (TPSA) is 89.9 Å². The summed E-state index contributed by atoms with van der Waals surface area (Å²) in [5, 5.41) is 4.28. The Morgan fingerprint density at radius 2 is 2.10 bits per heavy atom. The van der Waals surface area contributed by atoms with Gasteiger partial charge in [-0.15, -0.1) is 0 Å². The third-order valence-electron chi connectivity index (χ3n) is 3.11. The maximum atomic E-state index is 11.9. The molecule has 0 aromatic carbocycles. The van der Waals surface area contributed by atoms with E-state index in [1.807, 2.05) is 6.92 Å². The fraction of sp³-hybridized carbons (Fsp3) is 0.429. The lowest BCUT2D eigenvalue weighted by Gasteiger charge is -2.10. The number of carbonyl (C=O) groups is 1. The maximum Gasteiger partial charge on any atom is 0.273 e. The van der Waals surface area contributed by atoms with E-state index in [2.05, 4.69) is 22.0 Å². The predicted molar refractivity (Wildman–Crippen MR) is 80.3 cm³/mol. The number of rotatable bonds is 4. The molecular weight excluding hydrogens is 268 g/mol. The molecule has 0 unspecified atom stereocenters. The van der Waals surface area contributed by atoms with Crippen LogP contribution in [0.1, 0.15) is 35.2 Å². The highest BCUT2D eigenvalue weighted by Crippen LogP contribution is 2.17. The molecule has 112 valence electrons. The van der Waals surface area contributed by atoms with Gasteiger partial charge in [0.05, 0.1) is 0 Å². The number of anilines is 1. The first-order valence-electron chi connectivity index (χ1n) is 6.84. The van der Waals surface area contributed by atoms with Crippen LogP contribution in [0.15, 0.2) is 12.3 Å². The Kier molecular flexibility index (Phi) is 4.21. The molecule has 0 bridgehead atoms. The Hall–Kier alpha value is -2.44. The number of hydrogen-bond donors (Lipinski definition) is 1. The van der Waals surface area contributed by atoms with Crippen molar-refractivity contribution in [2.45, 2.75) is 26.7 Å². The number of aromatic nitrogens is 4. The van der Waals surface area contributed by atoms with E-state index in [0.717, 1.165) is 18.4 Å². The molecule has 0 aliphatic rings. The highest BCUT2D eigenvalue weighted by Gasteiger charge is 2.15. The van der Waals surface area contributed by atoms with Gasteiger partial charge in [0.25, 0.3) is 5.91 Å². The molecule has 0 aliphatic heterocycles. The molecular formula is C14H20N6O. The van der Waals surface area contributed by atoms with Gasteiger partial charge in [-0.1, -0.05) is 6.92 Å². The van der Waals surface area contributed by atoms with Crippen LogP contribution in [-0.2, 0) is 6.42 Å². The SMILES string of the molecule is CCCc1nc(N)c(C)c(-n2ccc(C(=O)N(C)C)n2)n1. The molecule has 0 aliphatic carbocycles. The maximum absolute atomic E-state index is 11.9. The molecule has 7 heteroatoms. The molecule has 2 rings (SSSR count). The van der Waals surface area contributed by atoms with Crippen molar-refractivity contribution in [3.05, 3.63) is 29.3 Å². The Morgan fingerprint density at radius 1 is 1.38 bits per heavy atom. The molecule has 2 aromatic heterocycles. The minimum absolute atomic E-state index is 0.151. The number of carbonyl (C=O) groups excluding carboxylic acids is 1. The highest BCUT2D eigenvalue weighted by atomic mass is 16.2. The van der Waals surface area contributed by atoms with E-state index in [4.69, 9.17) is 5.73 Å². The molecule has 0 fully saturated rings. The van der Waals surface area contributed by atoms with Crippen LogP contribution >= 0.6 is 0 Å². The van der Waals surface area contributed by atoms with Crippen LogP contribution in [0.2, 0.25) is 0 Å². The first-order chi connectivity index (χ1) is 9.93. The van der Waals surface area contributed by atoms with Crippen molar-refractivity contribution in [3.8, 4) is 5.82 Å². The van der Waals surface area contributed by atoms with E-state index in [1.165, 1.54) is 4.90 Å². The summed E-state index contributed by atoms with van der Waals surface area (Å²) < 4.78 is 1.57. The van der Waals surface area contributed by atoms with Crippen LogP contribution < -0.4 is 5.73 Å². The first kappa shape index (κ1) is 15.0. The zero-order chi connectivity index (χ0) is 15.6. The van der Waals surface area contributed by atoms with Crippen molar-refractivity contribution >= 4 is 11.7 Å². The van der Waals surface area contributed by atoms with Crippen molar-refractivity contribution < 1.29 is 4.79 Å². The number of amides is 1. The summed E-state index contributed by atoms with van der Waals surface area (Å²) >= 11 is 0. The van der Waals surface area contributed by atoms with Crippen LogP contribution in [0.25, 0.3) is 5.82 Å². The van der Waals surface area contributed by atoms with Gasteiger partial charge in [-0.25, -0.2) is 14.6 Å². The summed E-state index contributed by atoms with van der Waals surface area (Å²) in [5.41, 5.74) is 7.06. The van der Waals surface area contributed by atoms with Gasteiger partial charge in [-0.3, -0.25) is 4.79 Å². The molecule has 1 amide bonds. The average Bonchev–Trinajstić information content (AvgIpc) is 2.91. The van der Waals surface area contributed by atoms with Crippen LogP contribution in [0, 0.1) is 6.92 Å². The van der Waals surface area contributed by atoms with Crippen LogP contribution in [0.3, 0.4) is 0 Å². The number of nitrogen functional groups attached to an aromatic ring is 1. The van der Waals surface area contributed by atoms with Crippen molar-refractivity contribution in [2.24, 2.45) is 0 Å². The second-order valence-electron chi connectivity index (χ2n) is 5.07. The summed E-state index contributed by atoms with van der Waals surface area (Å²) in [4.78, 5) is 22.1. The summed E-state index contributed by atoms with van der Waals surface area (Å²) in [7, 11) is 3.38. The van der Waals surface area contributed by atoms with Crippen LogP contribution in [0.4, 0.5) is 5.82 Å². The molecule has 7 nitrogen and oxygen atoms in total. The van der Waals surface area contributed by atoms with E-state index in [-0.39, 0.29) is 5.91 Å². The summed E-state index contributed by atoms with van der Waals surface area (Å²) in [6, 6.07) is 1.67. The third kappa shape index (κ3) is 3.01. The number of hydrogen-bond acceptors (Lipinski definition) is 5. The summed E-state index contributed by atoms with van der Waals surface area (Å²) in [6.45, 7) is 3.90. The molecule has 0 saturated heterocycles. The molecule has 0 radical (unpaired) electrons. The molecule has 0 atom stereocenters. The fourth-order valence-electron chi connectivity index (χ4n) is 1.91. The summed E-state index contributed by atoms with van der Waals surface area (Å²) in [6.07, 6.45) is 3.40. The smallest absolute Gasteiger partial charge is 0.273 e. The van der Waals surface area contributed by atoms with Crippen molar-refractivity contribution in [2.75, 3.05) is 19.8 Å². The molecule has 2 N–H and O–H groups in total. The monoisotopic (exact) mass is 288 g/mol. The number of nitrogens with two attached hydrogens (primary N) is 1.